The lowest BCUT2D eigenvalue weighted by Crippen LogP contribution is -2.44. The van der Waals surface area contributed by atoms with Crippen molar-refractivity contribution in [1.29, 1.82) is 0 Å². The Morgan fingerprint density at radius 1 is 1.07 bits per heavy atom. The summed E-state index contributed by atoms with van der Waals surface area (Å²) >= 11 is 1.14. The number of alkyl halides is 3. The number of urea groups is 1. The van der Waals surface area contributed by atoms with E-state index in [1.165, 1.54) is 12.1 Å². The Labute approximate surface area is 161 Å². The molecule has 7 nitrogen and oxygen atoms in total. The summed E-state index contributed by atoms with van der Waals surface area (Å²) in [5.74, 6) is -0.534. The van der Waals surface area contributed by atoms with Crippen molar-refractivity contribution in [3.63, 3.8) is 0 Å². The molecule has 0 saturated heterocycles. The molecule has 0 saturated carbocycles. The Morgan fingerprint density at radius 2 is 1.86 bits per heavy atom. The predicted molar refractivity (Wildman–Crippen MR) is 98.6 cm³/mol. The number of carbonyl (C=O) groups excluding carboxylic acids is 2. The molecule has 146 valence electrons. The van der Waals surface area contributed by atoms with Crippen LogP contribution in [-0.4, -0.2) is 27.7 Å². The summed E-state index contributed by atoms with van der Waals surface area (Å²) in [5, 5.41) is 2.76. The van der Waals surface area contributed by atoms with Gasteiger partial charge >= 0.3 is 12.2 Å². The minimum Gasteiger partial charge on any atom is -0.333 e. The molecule has 0 fully saturated rings. The molecule has 0 aliphatic carbocycles. The molecule has 0 bridgehead atoms. The highest BCUT2D eigenvalue weighted by molar-refractivity contribution is 7.99. The van der Waals surface area contributed by atoms with Crippen molar-refractivity contribution < 1.29 is 22.8 Å². The Hall–Kier alpha value is -3.21. The van der Waals surface area contributed by atoms with Crippen molar-refractivity contribution in [3.8, 4) is 0 Å². The number of halogens is 3. The second-order valence-corrected chi connectivity index (χ2v) is 6.52. The first-order valence-corrected chi connectivity index (χ1v) is 8.90. The number of rotatable bonds is 4. The number of aromatic nitrogens is 2. The highest BCUT2D eigenvalue weighted by Crippen LogP contribution is 2.30. The van der Waals surface area contributed by atoms with Gasteiger partial charge in [0.05, 0.1) is 22.3 Å². The van der Waals surface area contributed by atoms with Crippen molar-refractivity contribution >= 4 is 40.4 Å². The second kappa shape index (κ2) is 8.21. The molecule has 2 aromatic carbocycles. The molecule has 1 heterocycles. The number of anilines is 1. The van der Waals surface area contributed by atoms with Crippen LogP contribution in [0.25, 0.3) is 11.0 Å². The molecular weight excluding hydrogens is 395 g/mol. The highest BCUT2D eigenvalue weighted by Gasteiger charge is 2.30. The van der Waals surface area contributed by atoms with Gasteiger partial charge in [-0.15, -0.1) is 0 Å². The van der Waals surface area contributed by atoms with Crippen LogP contribution in [-0.2, 0) is 11.0 Å². The largest absolute Gasteiger partial charge is 0.416 e. The number of para-hydroxylation sites is 2. The number of hydrogen-bond acceptors (Lipinski definition) is 4. The molecule has 1 aromatic heterocycles. The molecule has 0 radical (unpaired) electrons. The number of nitrogens with one attached hydrogen (secondary N) is 4. The Bertz CT molecular complexity index is 973. The molecular formula is C17H14F3N5O2S. The third kappa shape index (κ3) is 5.16. The van der Waals surface area contributed by atoms with E-state index in [0.29, 0.717) is 5.16 Å². The van der Waals surface area contributed by atoms with Crippen molar-refractivity contribution in [2.75, 3.05) is 11.1 Å². The third-order valence-electron chi connectivity index (χ3n) is 3.47. The van der Waals surface area contributed by atoms with Crippen molar-refractivity contribution in [2.24, 2.45) is 0 Å². The van der Waals surface area contributed by atoms with E-state index in [1.807, 2.05) is 24.3 Å². The molecule has 11 heteroatoms. The van der Waals surface area contributed by atoms with E-state index in [9.17, 15) is 22.8 Å². The van der Waals surface area contributed by atoms with Gasteiger partial charge in [-0.3, -0.25) is 10.2 Å². The first-order chi connectivity index (χ1) is 13.3. The fourth-order valence-electron chi connectivity index (χ4n) is 2.23. The number of fused-ring (bicyclic) bond motifs is 1. The molecule has 3 rings (SSSR count). The average molecular weight is 409 g/mol. The zero-order valence-electron chi connectivity index (χ0n) is 14.1. The molecule has 4 N–H and O–H groups in total. The number of imidazole rings is 1. The summed E-state index contributed by atoms with van der Waals surface area (Å²) in [6, 6.07) is 10.7. The summed E-state index contributed by atoms with van der Waals surface area (Å²) in [6.45, 7) is 0. The first kappa shape index (κ1) is 19.5. The third-order valence-corrected chi connectivity index (χ3v) is 4.34. The number of benzene rings is 2. The predicted octanol–water partition coefficient (Wildman–Crippen LogP) is 3.53. The Kier molecular flexibility index (Phi) is 5.73. The average Bonchev–Trinajstić information content (AvgIpc) is 3.07. The molecule has 28 heavy (non-hydrogen) atoms. The van der Waals surface area contributed by atoms with E-state index in [2.05, 4.69) is 26.1 Å². The van der Waals surface area contributed by atoms with Crippen LogP contribution in [0.2, 0.25) is 0 Å². The summed E-state index contributed by atoms with van der Waals surface area (Å²) in [7, 11) is 0. The van der Waals surface area contributed by atoms with Crippen molar-refractivity contribution in [2.45, 2.75) is 11.3 Å². The number of H-pyrrole nitrogens is 1. The van der Waals surface area contributed by atoms with Gasteiger partial charge < -0.3 is 10.3 Å². The van der Waals surface area contributed by atoms with E-state index in [-0.39, 0.29) is 11.4 Å². The van der Waals surface area contributed by atoms with Gasteiger partial charge in [0.15, 0.2) is 5.16 Å². The maximum Gasteiger partial charge on any atom is 0.416 e. The van der Waals surface area contributed by atoms with E-state index in [1.54, 1.807) is 0 Å². The smallest absolute Gasteiger partial charge is 0.333 e. The topological polar surface area (TPSA) is 98.9 Å². The number of hydrazine groups is 1. The second-order valence-electron chi connectivity index (χ2n) is 5.55. The van der Waals surface area contributed by atoms with Crippen LogP contribution in [0.3, 0.4) is 0 Å². The zero-order chi connectivity index (χ0) is 20.1. The van der Waals surface area contributed by atoms with Crippen LogP contribution in [0.1, 0.15) is 5.56 Å². The lowest BCUT2D eigenvalue weighted by Gasteiger charge is -2.11. The summed E-state index contributed by atoms with van der Waals surface area (Å²) in [5.41, 5.74) is 4.90. The van der Waals surface area contributed by atoms with Crippen LogP contribution >= 0.6 is 11.8 Å². The number of nitrogens with zero attached hydrogens (tertiary/aromatic N) is 1. The number of aromatic amines is 1. The standard InChI is InChI=1S/C17H14F3N5O2S/c18-17(19,20)10-4-3-5-11(8-10)21-15(27)25-24-14(26)9-28-16-22-12-6-1-2-7-13(12)23-16/h1-8H,9H2,(H,22,23)(H,24,26)(H2,21,25,27). The van der Waals surface area contributed by atoms with Crippen molar-refractivity contribution in [3.05, 3.63) is 54.1 Å². The molecule has 0 aliphatic rings. The van der Waals surface area contributed by atoms with Gasteiger partial charge in [0, 0.05) is 5.69 Å². The molecule has 3 amide bonds. The fraction of sp³-hybridized carbons (Fsp3) is 0.118. The van der Waals surface area contributed by atoms with Gasteiger partial charge in [-0.1, -0.05) is 30.0 Å². The maximum atomic E-state index is 12.7. The monoisotopic (exact) mass is 409 g/mol. The number of hydrogen-bond donors (Lipinski definition) is 4. The van der Waals surface area contributed by atoms with E-state index in [0.717, 1.165) is 34.9 Å². The lowest BCUT2D eigenvalue weighted by atomic mass is 10.2. The minimum atomic E-state index is -4.52. The molecule has 0 spiro atoms. The van der Waals surface area contributed by atoms with Gasteiger partial charge in [0.2, 0.25) is 5.91 Å². The van der Waals surface area contributed by atoms with Gasteiger partial charge in [0.1, 0.15) is 0 Å². The van der Waals surface area contributed by atoms with Gasteiger partial charge in [0.25, 0.3) is 0 Å². The quantitative estimate of drug-likeness (QED) is 0.391. The highest BCUT2D eigenvalue weighted by atomic mass is 32.2. The van der Waals surface area contributed by atoms with E-state index in [4.69, 9.17) is 0 Å². The first-order valence-electron chi connectivity index (χ1n) is 7.92. The van der Waals surface area contributed by atoms with E-state index < -0.39 is 23.7 Å². The summed E-state index contributed by atoms with van der Waals surface area (Å²) < 4.78 is 38.0. The van der Waals surface area contributed by atoms with Crippen LogP contribution in [0, 0.1) is 0 Å². The molecule has 0 atom stereocenters. The van der Waals surface area contributed by atoms with Crippen LogP contribution < -0.4 is 16.2 Å². The normalized spacial score (nSPS) is 11.2. The summed E-state index contributed by atoms with van der Waals surface area (Å²) in [6.07, 6.45) is -4.52. The Morgan fingerprint density at radius 3 is 2.61 bits per heavy atom. The van der Waals surface area contributed by atoms with Crippen LogP contribution in [0.15, 0.2) is 53.7 Å². The fourth-order valence-corrected chi connectivity index (χ4v) is 2.91. The number of carbonyl (C=O) groups is 2. The number of amides is 3. The summed E-state index contributed by atoms with van der Waals surface area (Å²) in [4.78, 5) is 30.9. The lowest BCUT2D eigenvalue weighted by molar-refractivity contribution is -0.137. The van der Waals surface area contributed by atoms with E-state index >= 15 is 0 Å². The van der Waals surface area contributed by atoms with Gasteiger partial charge in [-0.2, -0.15) is 13.2 Å². The van der Waals surface area contributed by atoms with Gasteiger partial charge in [-0.25, -0.2) is 15.2 Å². The Balaban J connectivity index is 1.46. The zero-order valence-corrected chi connectivity index (χ0v) is 14.9. The van der Waals surface area contributed by atoms with Gasteiger partial charge in [-0.05, 0) is 30.3 Å². The van der Waals surface area contributed by atoms with Crippen LogP contribution in [0.4, 0.5) is 23.7 Å². The molecule has 0 unspecified atom stereocenters. The number of thioether (sulfide) groups is 1. The maximum absolute atomic E-state index is 12.7. The minimum absolute atomic E-state index is 0.0241. The molecule has 0 aliphatic heterocycles. The van der Waals surface area contributed by atoms with Crippen LogP contribution in [0.5, 0.6) is 0 Å². The van der Waals surface area contributed by atoms with Crippen molar-refractivity contribution in [1.82, 2.24) is 20.8 Å². The molecule has 3 aromatic rings. The SMILES string of the molecule is O=C(CSc1nc2ccccc2[nH]1)NNC(=O)Nc1cccc(C(F)(F)F)c1.